The zero-order chi connectivity index (χ0) is 21.5. The van der Waals surface area contributed by atoms with Crippen LogP contribution in [0.25, 0.3) is 11.0 Å². The lowest BCUT2D eigenvalue weighted by molar-refractivity contribution is 0.259. The summed E-state index contributed by atoms with van der Waals surface area (Å²) in [4.78, 5) is 15.9. The van der Waals surface area contributed by atoms with Crippen LogP contribution in [0.5, 0.6) is 0 Å². The second kappa shape index (κ2) is 12.0. The van der Waals surface area contributed by atoms with E-state index in [1.807, 2.05) is 7.05 Å². The second-order valence-corrected chi connectivity index (χ2v) is 8.01. The van der Waals surface area contributed by atoms with Crippen LogP contribution in [0.4, 0.5) is 5.82 Å². The fraction of sp³-hybridized carbons (Fsp3) is 0.478. The smallest absolute Gasteiger partial charge is 0.193 e. The van der Waals surface area contributed by atoms with Crippen LogP contribution < -0.4 is 10.6 Å². The molecular weight excluding hydrogens is 515 g/mol. The molecule has 32 heavy (non-hydrogen) atoms. The Morgan fingerprint density at radius 3 is 2.69 bits per heavy atom. The van der Waals surface area contributed by atoms with Gasteiger partial charge in [0.05, 0.1) is 18.1 Å². The highest BCUT2D eigenvalue weighted by Gasteiger charge is 2.21. The van der Waals surface area contributed by atoms with Gasteiger partial charge in [0, 0.05) is 33.2 Å². The maximum atomic E-state index is 4.85. The molecule has 1 aliphatic rings. The number of aliphatic imine (C=N–C) groups is 1. The third kappa shape index (κ3) is 6.08. The standard InChI is InChI=1S/C23H32N8.HI/c1-3-24-23(31-13-9-19(10-14-31)15-18-7-5-4-6-8-18)26-12-11-25-21-20-16-29-30(2)22(20)28-17-27-21;/h4-8,16-17,19H,3,9-15H2,1-2H3,(H,24,26)(H,25,27,28);1H. The summed E-state index contributed by atoms with van der Waals surface area (Å²) in [5, 5.41) is 12.0. The molecule has 8 nitrogen and oxygen atoms in total. The van der Waals surface area contributed by atoms with Crippen molar-refractivity contribution < 1.29 is 0 Å². The van der Waals surface area contributed by atoms with Gasteiger partial charge in [0.1, 0.15) is 12.1 Å². The number of nitrogens with one attached hydrogen (secondary N) is 2. The quantitative estimate of drug-likeness (QED) is 0.204. The fourth-order valence-corrected chi connectivity index (χ4v) is 4.16. The molecule has 2 N–H and O–H groups in total. The summed E-state index contributed by atoms with van der Waals surface area (Å²) >= 11 is 0. The fourth-order valence-electron chi connectivity index (χ4n) is 4.16. The summed E-state index contributed by atoms with van der Waals surface area (Å²) in [6.45, 7) is 6.49. The molecule has 4 rings (SSSR count). The molecule has 172 valence electrons. The first-order valence-electron chi connectivity index (χ1n) is 11.2. The molecule has 3 heterocycles. The number of hydrogen-bond donors (Lipinski definition) is 2. The number of benzene rings is 1. The molecule has 2 aromatic heterocycles. The van der Waals surface area contributed by atoms with E-state index in [1.165, 1.54) is 24.8 Å². The minimum Gasteiger partial charge on any atom is -0.367 e. The molecule has 0 unspecified atom stereocenters. The molecule has 1 aliphatic heterocycles. The van der Waals surface area contributed by atoms with Crippen molar-refractivity contribution >= 4 is 46.8 Å². The lowest BCUT2D eigenvalue weighted by Crippen LogP contribution is -2.46. The van der Waals surface area contributed by atoms with Gasteiger partial charge in [0.25, 0.3) is 0 Å². The lowest BCUT2D eigenvalue weighted by Gasteiger charge is -2.34. The Hall–Kier alpha value is -2.43. The number of likely N-dealkylation sites (tertiary alicyclic amines) is 1. The number of nitrogens with zero attached hydrogens (tertiary/aromatic N) is 6. The highest BCUT2D eigenvalue weighted by atomic mass is 127. The van der Waals surface area contributed by atoms with Gasteiger partial charge in [-0.15, -0.1) is 24.0 Å². The number of halogens is 1. The minimum absolute atomic E-state index is 0. The average Bonchev–Trinajstić information content (AvgIpc) is 3.19. The number of hydrogen-bond acceptors (Lipinski definition) is 5. The van der Waals surface area contributed by atoms with E-state index in [9.17, 15) is 0 Å². The first kappa shape index (κ1) is 24.2. The molecule has 3 aromatic rings. The third-order valence-electron chi connectivity index (χ3n) is 5.81. The maximum Gasteiger partial charge on any atom is 0.193 e. The van der Waals surface area contributed by atoms with Gasteiger partial charge >= 0.3 is 0 Å². The molecular formula is C23H33IN8. The summed E-state index contributed by atoms with van der Waals surface area (Å²) in [6, 6.07) is 10.8. The lowest BCUT2D eigenvalue weighted by atomic mass is 9.90. The van der Waals surface area contributed by atoms with E-state index in [4.69, 9.17) is 4.99 Å². The van der Waals surface area contributed by atoms with Gasteiger partial charge in [-0.3, -0.25) is 9.67 Å². The number of aryl methyl sites for hydroxylation is 1. The predicted octanol–water partition coefficient (Wildman–Crippen LogP) is 3.31. The molecule has 0 radical (unpaired) electrons. The predicted molar refractivity (Wildman–Crippen MR) is 141 cm³/mol. The highest BCUT2D eigenvalue weighted by molar-refractivity contribution is 14.0. The molecule has 0 amide bonds. The van der Waals surface area contributed by atoms with Crippen molar-refractivity contribution in [2.75, 3.05) is 38.0 Å². The van der Waals surface area contributed by atoms with Gasteiger partial charge in [-0.05, 0) is 37.7 Å². The number of anilines is 1. The van der Waals surface area contributed by atoms with E-state index in [-0.39, 0.29) is 24.0 Å². The second-order valence-electron chi connectivity index (χ2n) is 8.01. The Kier molecular flexibility index (Phi) is 9.07. The molecule has 0 saturated carbocycles. The van der Waals surface area contributed by atoms with Crippen LogP contribution in [0.15, 0.2) is 47.8 Å². The third-order valence-corrected chi connectivity index (χ3v) is 5.81. The topological polar surface area (TPSA) is 83.3 Å². The van der Waals surface area contributed by atoms with Crippen molar-refractivity contribution in [3.63, 3.8) is 0 Å². The van der Waals surface area contributed by atoms with Crippen molar-refractivity contribution in [1.29, 1.82) is 0 Å². The molecule has 1 fully saturated rings. The number of aromatic nitrogens is 4. The van der Waals surface area contributed by atoms with Crippen LogP contribution in [0, 0.1) is 5.92 Å². The average molecular weight is 548 g/mol. The van der Waals surface area contributed by atoms with Gasteiger partial charge < -0.3 is 15.5 Å². The monoisotopic (exact) mass is 548 g/mol. The van der Waals surface area contributed by atoms with Crippen LogP contribution in [-0.4, -0.2) is 63.3 Å². The van der Waals surface area contributed by atoms with Crippen molar-refractivity contribution in [2.45, 2.75) is 26.2 Å². The largest absolute Gasteiger partial charge is 0.367 e. The molecule has 0 atom stereocenters. The van der Waals surface area contributed by atoms with Gasteiger partial charge in [0.15, 0.2) is 11.6 Å². The van der Waals surface area contributed by atoms with Crippen molar-refractivity contribution in [2.24, 2.45) is 18.0 Å². The van der Waals surface area contributed by atoms with Crippen molar-refractivity contribution in [3.8, 4) is 0 Å². The molecule has 0 bridgehead atoms. The molecule has 1 aromatic carbocycles. The molecule has 1 saturated heterocycles. The normalized spacial score (nSPS) is 14.9. The summed E-state index contributed by atoms with van der Waals surface area (Å²) in [6.07, 6.45) is 6.95. The van der Waals surface area contributed by atoms with Gasteiger partial charge in [-0.2, -0.15) is 5.10 Å². The van der Waals surface area contributed by atoms with Gasteiger partial charge in [0.2, 0.25) is 0 Å². The van der Waals surface area contributed by atoms with E-state index in [1.54, 1.807) is 17.2 Å². The summed E-state index contributed by atoms with van der Waals surface area (Å²) in [5.41, 5.74) is 2.27. The zero-order valence-corrected chi connectivity index (χ0v) is 21.2. The van der Waals surface area contributed by atoms with E-state index >= 15 is 0 Å². The number of fused-ring (bicyclic) bond motifs is 1. The Balaban J connectivity index is 0.00000289. The van der Waals surface area contributed by atoms with Gasteiger partial charge in [-0.25, -0.2) is 9.97 Å². The Labute approximate surface area is 206 Å². The van der Waals surface area contributed by atoms with Crippen LogP contribution >= 0.6 is 24.0 Å². The maximum absolute atomic E-state index is 4.85. The first-order valence-corrected chi connectivity index (χ1v) is 11.2. The highest BCUT2D eigenvalue weighted by Crippen LogP contribution is 2.22. The summed E-state index contributed by atoms with van der Waals surface area (Å²) < 4.78 is 1.75. The van der Waals surface area contributed by atoms with Crippen LogP contribution in [0.2, 0.25) is 0 Å². The van der Waals surface area contributed by atoms with Crippen molar-refractivity contribution in [3.05, 3.63) is 48.4 Å². The van der Waals surface area contributed by atoms with Crippen LogP contribution in [0.1, 0.15) is 25.3 Å². The van der Waals surface area contributed by atoms with E-state index in [2.05, 4.69) is 67.9 Å². The van der Waals surface area contributed by atoms with Crippen molar-refractivity contribution in [1.82, 2.24) is 30.0 Å². The van der Waals surface area contributed by atoms with Gasteiger partial charge in [-0.1, -0.05) is 30.3 Å². The zero-order valence-electron chi connectivity index (χ0n) is 18.9. The molecule has 0 aliphatic carbocycles. The SMILES string of the molecule is CCNC(=NCCNc1ncnc2c1cnn2C)N1CCC(Cc2ccccc2)CC1.I. The van der Waals surface area contributed by atoms with E-state index < -0.39 is 0 Å². The molecule has 9 heteroatoms. The Morgan fingerprint density at radius 1 is 1.16 bits per heavy atom. The van der Waals surface area contributed by atoms with E-state index in [0.717, 1.165) is 48.4 Å². The molecule has 0 spiro atoms. The Morgan fingerprint density at radius 2 is 1.94 bits per heavy atom. The summed E-state index contributed by atoms with van der Waals surface area (Å²) in [5.74, 6) is 2.57. The minimum atomic E-state index is 0. The number of piperidine rings is 1. The number of rotatable bonds is 7. The number of guanidine groups is 1. The van der Waals surface area contributed by atoms with Crippen LogP contribution in [0.3, 0.4) is 0 Å². The Bertz CT molecular complexity index is 996. The van der Waals surface area contributed by atoms with E-state index in [0.29, 0.717) is 13.1 Å². The summed E-state index contributed by atoms with van der Waals surface area (Å²) in [7, 11) is 1.88. The van der Waals surface area contributed by atoms with Crippen LogP contribution in [-0.2, 0) is 13.5 Å². The first-order chi connectivity index (χ1) is 15.2.